The Hall–Kier alpha value is -0.940. The second kappa shape index (κ2) is 6.88. The van der Waals surface area contributed by atoms with E-state index in [1.807, 2.05) is 4.90 Å². The summed E-state index contributed by atoms with van der Waals surface area (Å²) in [5.74, 6) is 0.397. The Morgan fingerprint density at radius 3 is 2.81 bits per heavy atom. The molecule has 1 heterocycles. The van der Waals surface area contributed by atoms with Crippen molar-refractivity contribution in [3.05, 3.63) is 28.8 Å². The van der Waals surface area contributed by atoms with Gasteiger partial charge in [0.15, 0.2) is 0 Å². The zero-order valence-electron chi connectivity index (χ0n) is 12.0. The number of hydrogen-bond acceptors (Lipinski definition) is 2. The second-order valence-electron chi connectivity index (χ2n) is 5.46. The van der Waals surface area contributed by atoms with Crippen LogP contribution in [0.2, 0.25) is 5.02 Å². The molecule has 1 aliphatic rings. The SMILES string of the molecule is CCCNCC1CCN(c2ccc(Cl)cc2C(F)(F)F)C1. The molecule has 0 amide bonds. The van der Waals surface area contributed by atoms with Crippen LogP contribution in [-0.2, 0) is 6.18 Å². The van der Waals surface area contributed by atoms with Gasteiger partial charge in [-0.1, -0.05) is 18.5 Å². The van der Waals surface area contributed by atoms with Crippen LogP contribution >= 0.6 is 11.6 Å². The van der Waals surface area contributed by atoms with Gasteiger partial charge in [-0.3, -0.25) is 0 Å². The van der Waals surface area contributed by atoms with Crippen molar-refractivity contribution < 1.29 is 13.2 Å². The minimum Gasteiger partial charge on any atom is -0.371 e. The Bertz CT molecular complexity index is 476. The second-order valence-corrected chi connectivity index (χ2v) is 5.90. The fourth-order valence-electron chi connectivity index (χ4n) is 2.71. The van der Waals surface area contributed by atoms with Crippen LogP contribution in [0.25, 0.3) is 0 Å². The number of nitrogens with one attached hydrogen (secondary N) is 1. The van der Waals surface area contributed by atoms with Gasteiger partial charge < -0.3 is 10.2 Å². The summed E-state index contributed by atoms with van der Waals surface area (Å²) in [7, 11) is 0. The van der Waals surface area contributed by atoms with Crippen LogP contribution in [-0.4, -0.2) is 26.2 Å². The lowest BCUT2D eigenvalue weighted by Crippen LogP contribution is -2.28. The molecule has 0 saturated carbocycles. The number of hydrogen-bond donors (Lipinski definition) is 1. The number of rotatable bonds is 5. The van der Waals surface area contributed by atoms with Crippen LogP contribution in [0.15, 0.2) is 18.2 Å². The predicted octanol–water partition coefficient (Wildman–Crippen LogP) is 4.18. The molecule has 0 radical (unpaired) electrons. The molecule has 1 unspecified atom stereocenters. The largest absolute Gasteiger partial charge is 0.418 e. The highest BCUT2D eigenvalue weighted by molar-refractivity contribution is 6.30. The van der Waals surface area contributed by atoms with Crippen molar-refractivity contribution >= 4 is 17.3 Å². The minimum absolute atomic E-state index is 0.117. The van der Waals surface area contributed by atoms with Gasteiger partial charge >= 0.3 is 6.18 Å². The third-order valence-corrected chi connectivity index (χ3v) is 3.99. The smallest absolute Gasteiger partial charge is 0.371 e. The molecule has 1 aliphatic heterocycles. The molecular formula is C15H20ClF3N2. The van der Waals surface area contributed by atoms with Crippen molar-refractivity contribution in [2.75, 3.05) is 31.1 Å². The maximum Gasteiger partial charge on any atom is 0.418 e. The third kappa shape index (κ3) is 4.27. The molecule has 1 aromatic rings. The van der Waals surface area contributed by atoms with Crippen LogP contribution in [0.4, 0.5) is 18.9 Å². The van der Waals surface area contributed by atoms with E-state index in [1.54, 1.807) is 0 Å². The van der Waals surface area contributed by atoms with E-state index in [1.165, 1.54) is 12.1 Å². The molecule has 0 aliphatic carbocycles. The zero-order chi connectivity index (χ0) is 15.5. The quantitative estimate of drug-likeness (QED) is 0.819. The van der Waals surface area contributed by atoms with Gasteiger partial charge in [-0.2, -0.15) is 13.2 Å². The van der Waals surface area contributed by atoms with E-state index < -0.39 is 11.7 Å². The fraction of sp³-hybridized carbons (Fsp3) is 0.600. The fourth-order valence-corrected chi connectivity index (χ4v) is 2.88. The lowest BCUT2D eigenvalue weighted by molar-refractivity contribution is -0.137. The lowest BCUT2D eigenvalue weighted by Gasteiger charge is -2.23. The lowest BCUT2D eigenvalue weighted by atomic mass is 10.1. The Morgan fingerprint density at radius 1 is 1.38 bits per heavy atom. The minimum atomic E-state index is -4.38. The highest BCUT2D eigenvalue weighted by atomic mass is 35.5. The van der Waals surface area contributed by atoms with Crippen molar-refractivity contribution in [1.82, 2.24) is 5.32 Å². The molecule has 1 atom stereocenters. The maximum atomic E-state index is 13.1. The van der Waals surface area contributed by atoms with Gasteiger partial charge in [0.25, 0.3) is 0 Å². The first-order chi connectivity index (χ1) is 9.91. The van der Waals surface area contributed by atoms with Gasteiger partial charge in [-0.25, -0.2) is 0 Å². The molecule has 1 aromatic carbocycles. The number of nitrogens with zero attached hydrogens (tertiary/aromatic N) is 1. The van der Waals surface area contributed by atoms with Gasteiger partial charge in [0.2, 0.25) is 0 Å². The third-order valence-electron chi connectivity index (χ3n) is 3.75. The first-order valence-electron chi connectivity index (χ1n) is 7.24. The number of benzene rings is 1. The normalized spacial score (nSPS) is 19.3. The average molecular weight is 321 g/mol. The Balaban J connectivity index is 2.09. The highest BCUT2D eigenvalue weighted by Gasteiger charge is 2.36. The van der Waals surface area contributed by atoms with E-state index in [2.05, 4.69) is 12.2 Å². The molecule has 0 bridgehead atoms. The summed E-state index contributed by atoms with van der Waals surface area (Å²) in [5, 5.41) is 3.45. The van der Waals surface area contributed by atoms with Crippen LogP contribution in [0.1, 0.15) is 25.3 Å². The summed E-state index contributed by atoms with van der Waals surface area (Å²) < 4.78 is 39.4. The van der Waals surface area contributed by atoms with Gasteiger partial charge in [0, 0.05) is 23.8 Å². The molecular weight excluding hydrogens is 301 g/mol. The number of anilines is 1. The van der Waals surface area contributed by atoms with Gasteiger partial charge in [0.05, 0.1) is 5.56 Å². The van der Waals surface area contributed by atoms with Gasteiger partial charge in [-0.05, 0) is 50.0 Å². The molecule has 2 nitrogen and oxygen atoms in total. The topological polar surface area (TPSA) is 15.3 Å². The van der Waals surface area contributed by atoms with Crippen molar-refractivity contribution in [1.29, 1.82) is 0 Å². The molecule has 1 saturated heterocycles. The standard InChI is InChI=1S/C15H20ClF3N2/c1-2-6-20-9-11-5-7-21(10-11)14-4-3-12(16)8-13(14)15(17,18)19/h3-4,8,11,20H,2,5-7,9-10H2,1H3. The van der Waals surface area contributed by atoms with E-state index in [0.29, 0.717) is 19.0 Å². The van der Waals surface area contributed by atoms with E-state index >= 15 is 0 Å². The van der Waals surface area contributed by atoms with Gasteiger partial charge in [-0.15, -0.1) is 0 Å². The molecule has 0 aromatic heterocycles. The maximum absolute atomic E-state index is 13.1. The molecule has 21 heavy (non-hydrogen) atoms. The summed E-state index contributed by atoms with van der Waals surface area (Å²) in [6.07, 6.45) is -2.40. The van der Waals surface area contributed by atoms with E-state index in [9.17, 15) is 13.2 Å². The summed E-state index contributed by atoms with van der Waals surface area (Å²) in [5.41, 5.74) is -0.401. The van der Waals surface area contributed by atoms with Crippen molar-refractivity contribution in [2.45, 2.75) is 25.9 Å². The Labute approximate surface area is 128 Å². The van der Waals surface area contributed by atoms with Crippen LogP contribution in [0.3, 0.4) is 0 Å². The Morgan fingerprint density at radius 2 is 2.14 bits per heavy atom. The van der Waals surface area contributed by atoms with Crippen LogP contribution in [0.5, 0.6) is 0 Å². The first kappa shape index (κ1) is 16.4. The molecule has 1 fully saturated rings. The summed E-state index contributed by atoms with van der Waals surface area (Å²) in [6, 6.07) is 4.02. The molecule has 0 spiro atoms. The van der Waals surface area contributed by atoms with Crippen LogP contribution in [0, 0.1) is 5.92 Å². The van der Waals surface area contributed by atoms with Crippen molar-refractivity contribution in [3.8, 4) is 0 Å². The molecule has 6 heteroatoms. The van der Waals surface area contributed by atoms with Crippen LogP contribution < -0.4 is 10.2 Å². The highest BCUT2D eigenvalue weighted by Crippen LogP contribution is 2.39. The first-order valence-corrected chi connectivity index (χ1v) is 7.62. The van der Waals surface area contributed by atoms with E-state index in [4.69, 9.17) is 11.6 Å². The summed E-state index contributed by atoms with van der Waals surface area (Å²) >= 11 is 5.71. The average Bonchev–Trinajstić information content (AvgIpc) is 2.87. The number of halogens is 4. The molecule has 1 N–H and O–H groups in total. The number of alkyl halides is 3. The summed E-state index contributed by atoms with van der Waals surface area (Å²) in [4.78, 5) is 1.82. The van der Waals surface area contributed by atoms with Crippen molar-refractivity contribution in [2.24, 2.45) is 5.92 Å². The van der Waals surface area contributed by atoms with Gasteiger partial charge in [0.1, 0.15) is 0 Å². The Kier molecular flexibility index (Phi) is 5.38. The molecule has 118 valence electrons. The summed E-state index contributed by atoms with van der Waals surface area (Å²) in [6.45, 7) is 5.21. The van der Waals surface area contributed by atoms with E-state index in [-0.39, 0.29) is 10.7 Å². The molecule has 2 rings (SSSR count). The zero-order valence-corrected chi connectivity index (χ0v) is 12.8. The van der Waals surface area contributed by atoms with E-state index in [0.717, 1.165) is 32.0 Å². The monoisotopic (exact) mass is 320 g/mol. The van der Waals surface area contributed by atoms with Crippen molar-refractivity contribution in [3.63, 3.8) is 0 Å². The predicted molar refractivity (Wildman–Crippen MR) is 79.9 cm³/mol.